The van der Waals surface area contributed by atoms with E-state index in [-0.39, 0.29) is 25.6 Å². The molecule has 5 N–H and O–H groups in total. The van der Waals surface area contributed by atoms with Crippen molar-refractivity contribution in [3.05, 3.63) is 130 Å². The largest absolute Gasteiger partial charge is 0.445 e. The Morgan fingerprint density at radius 3 is 1.77 bits per heavy atom. The predicted molar refractivity (Wildman–Crippen MR) is 200 cm³/mol. The van der Waals surface area contributed by atoms with Gasteiger partial charge in [0.05, 0.1) is 12.1 Å². The molecule has 11 nitrogen and oxygen atoms in total. The smallest absolute Gasteiger partial charge is 0.408 e. The van der Waals surface area contributed by atoms with Crippen LogP contribution >= 0.6 is 11.3 Å². The number of alkyl carbamates (subject to hydrolysis) is 2. The molecule has 0 bridgehead atoms. The lowest BCUT2D eigenvalue weighted by molar-refractivity contribution is -0.131. The molecular formula is C40H48N4O7S. The summed E-state index contributed by atoms with van der Waals surface area (Å²) < 4.78 is 10.7. The Morgan fingerprint density at radius 1 is 0.635 bits per heavy atom. The molecule has 276 valence electrons. The highest BCUT2D eigenvalue weighted by molar-refractivity contribution is 7.09. The number of benzene rings is 3. The van der Waals surface area contributed by atoms with Crippen molar-refractivity contribution in [2.75, 3.05) is 0 Å². The molecule has 1 aromatic heterocycles. The first-order chi connectivity index (χ1) is 25.1. The zero-order valence-corrected chi connectivity index (χ0v) is 30.5. The molecule has 0 aliphatic rings. The maximum Gasteiger partial charge on any atom is 0.408 e. The predicted octanol–water partition coefficient (Wildman–Crippen LogP) is 5.52. The van der Waals surface area contributed by atoms with Gasteiger partial charge >= 0.3 is 12.2 Å². The number of carbonyl (C=O) groups excluding carboxylic acids is 4. The monoisotopic (exact) mass is 728 g/mol. The van der Waals surface area contributed by atoms with Crippen LogP contribution in [0.2, 0.25) is 0 Å². The van der Waals surface area contributed by atoms with E-state index in [1.165, 1.54) is 18.3 Å². The fourth-order valence-electron chi connectivity index (χ4n) is 5.53. The quantitative estimate of drug-likeness (QED) is 0.0904. The lowest BCUT2D eigenvalue weighted by atomic mass is 9.93. The van der Waals surface area contributed by atoms with Crippen LogP contribution in [0, 0.1) is 5.92 Å². The van der Waals surface area contributed by atoms with Crippen molar-refractivity contribution in [3.8, 4) is 0 Å². The van der Waals surface area contributed by atoms with Gasteiger partial charge in [-0.15, -0.1) is 11.3 Å². The van der Waals surface area contributed by atoms with Crippen LogP contribution in [-0.2, 0) is 45.1 Å². The molecule has 4 amide bonds. The molecule has 0 spiro atoms. The van der Waals surface area contributed by atoms with Crippen molar-refractivity contribution in [1.82, 2.24) is 21.3 Å². The zero-order valence-electron chi connectivity index (χ0n) is 29.7. The molecule has 0 aliphatic carbocycles. The van der Waals surface area contributed by atoms with Gasteiger partial charge in [-0.2, -0.15) is 0 Å². The molecule has 12 heteroatoms. The minimum Gasteiger partial charge on any atom is -0.445 e. The van der Waals surface area contributed by atoms with E-state index in [4.69, 9.17) is 9.47 Å². The van der Waals surface area contributed by atoms with E-state index in [2.05, 4.69) is 21.3 Å². The number of nitrogens with one attached hydrogen (secondary N) is 4. The summed E-state index contributed by atoms with van der Waals surface area (Å²) in [6.45, 7) is 5.27. The van der Waals surface area contributed by atoms with E-state index in [1.807, 2.05) is 109 Å². The first-order valence-electron chi connectivity index (χ1n) is 17.4. The van der Waals surface area contributed by atoms with Gasteiger partial charge in [0.25, 0.3) is 0 Å². The van der Waals surface area contributed by atoms with Gasteiger partial charge in [0.1, 0.15) is 25.3 Å². The van der Waals surface area contributed by atoms with E-state index in [0.717, 1.165) is 21.6 Å². The standard InChI is InChI=1S/C40H48N4O7S/c1-27(2)36(44-37(46)28(3)41-39(48)50-25-31-18-11-6-12-19-31)38(47)42-32(22-29-14-7-4-8-15-29)24-35(45)34(23-30-16-9-5-10-17-30)43-40(49)51-26-33-20-13-21-52-33/h4-21,27-28,32,34-36,45H,22-26H2,1-3H3,(H,41,48)(H,42,47)(H,43,49)(H,44,46)/t28-,32-,34-,35-,36-/m0/s1. The minimum absolute atomic E-state index is 0.0464. The van der Waals surface area contributed by atoms with Crippen molar-refractivity contribution in [2.45, 2.75) is 83.5 Å². The molecule has 0 saturated heterocycles. The Labute approximate surface area is 309 Å². The highest BCUT2D eigenvalue weighted by Crippen LogP contribution is 2.16. The second-order valence-electron chi connectivity index (χ2n) is 13.0. The van der Waals surface area contributed by atoms with E-state index in [1.54, 1.807) is 13.8 Å². The zero-order chi connectivity index (χ0) is 37.3. The summed E-state index contributed by atoms with van der Waals surface area (Å²) in [6, 6.07) is 28.7. The first kappa shape index (κ1) is 39.6. The summed E-state index contributed by atoms with van der Waals surface area (Å²) >= 11 is 1.48. The highest BCUT2D eigenvalue weighted by atomic mass is 32.1. The van der Waals surface area contributed by atoms with Crippen molar-refractivity contribution in [2.24, 2.45) is 5.92 Å². The van der Waals surface area contributed by atoms with Crippen LogP contribution in [0.4, 0.5) is 9.59 Å². The number of hydrogen-bond acceptors (Lipinski definition) is 8. The van der Waals surface area contributed by atoms with Crippen molar-refractivity contribution >= 4 is 35.3 Å². The SMILES string of the molecule is CC(C)[C@H](NC(=O)[C@H](C)NC(=O)OCc1ccccc1)C(=O)N[C@@H](Cc1ccccc1)C[C@H](O)[C@H](Cc1ccccc1)NC(=O)OCc1cccs1. The Kier molecular flexibility index (Phi) is 15.7. The van der Waals surface area contributed by atoms with Crippen molar-refractivity contribution < 1.29 is 33.8 Å². The second-order valence-corrected chi connectivity index (χ2v) is 14.0. The summed E-state index contributed by atoms with van der Waals surface area (Å²) in [5.74, 6) is -1.31. The summed E-state index contributed by atoms with van der Waals surface area (Å²) in [5.41, 5.74) is 2.64. The number of thiophene rings is 1. The van der Waals surface area contributed by atoms with E-state index >= 15 is 0 Å². The Balaban J connectivity index is 1.42. The molecular weight excluding hydrogens is 681 g/mol. The van der Waals surface area contributed by atoms with Crippen molar-refractivity contribution in [3.63, 3.8) is 0 Å². The lowest BCUT2D eigenvalue weighted by Gasteiger charge is -2.30. The second kappa shape index (κ2) is 20.6. The van der Waals surface area contributed by atoms with E-state index in [9.17, 15) is 24.3 Å². The Morgan fingerprint density at radius 2 is 1.19 bits per heavy atom. The molecule has 0 aliphatic heterocycles. The van der Waals surface area contributed by atoms with Gasteiger partial charge in [-0.25, -0.2) is 9.59 Å². The average molecular weight is 729 g/mol. The fourth-order valence-corrected chi connectivity index (χ4v) is 6.15. The third-order valence-electron chi connectivity index (χ3n) is 8.38. The summed E-state index contributed by atoms with van der Waals surface area (Å²) in [5, 5.41) is 24.7. The number of amides is 4. The number of rotatable bonds is 18. The van der Waals surface area contributed by atoms with E-state index < -0.39 is 54.3 Å². The van der Waals surface area contributed by atoms with Gasteiger partial charge in [-0.1, -0.05) is 111 Å². The van der Waals surface area contributed by atoms with Crippen LogP contribution in [0.25, 0.3) is 0 Å². The van der Waals surface area contributed by atoms with Crippen LogP contribution in [0.3, 0.4) is 0 Å². The molecule has 3 aromatic carbocycles. The maximum absolute atomic E-state index is 13.8. The lowest BCUT2D eigenvalue weighted by Crippen LogP contribution is -2.57. The number of hydrogen-bond donors (Lipinski definition) is 5. The van der Waals surface area contributed by atoms with Crippen LogP contribution < -0.4 is 21.3 Å². The number of ether oxygens (including phenoxy) is 2. The Bertz CT molecular complexity index is 1670. The molecule has 0 saturated carbocycles. The molecule has 0 fully saturated rings. The number of aliphatic hydroxyl groups excluding tert-OH is 1. The molecule has 4 aromatic rings. The molecule has 0 unspecified atom stereocenters. The summed E-state index contributed by atoms with van der Waals surface area (Å²) in [6.07, 6.45) is -1.70. The van der Waals surface area contributed by atoms with Crippen LogP contribution in [0.15, 0.2) is 109 Å². The van der Waals surface area contributed by atoms with Gasteiger partial charge in [-0.3, -0.25) is 9.59 Å². The normalized spacial score (nSPS) is 13.9. The van der Waals surface area contributed by atoms with Gasteiger partial charge < -0.3 is 35.8 Å². The molecule has 4 rings (SSSR count). The van der Waals surface area contributed by atoms with Gasteiger partial charge in [0.2, 0.25) is 11.8 Å². The summed E-state index contributed by atoms with van der Waals surface area (Å²) in [4.78, 5) is 53.2. The number of aliphatic hydroxyl groups is 1. The minimum atomic E-state index is -1.08. The average Bonchev–Trinajstić information content (AvgIpc) is 3.67. The van der Waals surface area contributed by atoms with Crippen LogP contribution in [-0.4, -0.2) is 59.4 Å². The van der Waals surface area contributed by atoms with E-state index in [0.29, 0.717) is 12.8 Å². The first-order valence-corrected chi connectivity index (χ1v) is 18.2. The topological polar surface area (TPSA) is 155 Å². The fraction of sp³-hybridized carbons (Fsp3) is 0.350. The maximum atomic E-state index is 13.8. The van der Waals surface area contributed by atoms with Crippen LogP contribution in [0.5, 0.6) is 0 Å². The van der Waals surface area contributed by atoms with Crippen LogP contribution in [0.1, 0.15) is 48.8 Å². The summed E-state index contributed by atoms with van der Waals surface area (Å²) in [7, 11) is 0. The molecule has 5 atom stereocenters. The van der Waals surface area contributed by atoms with Crippen molar-refractivity contribution in [1.29, 1.82) is 0 Å². The van der Waals surface area contributed by atoms with Gasteiger partial charge in [0, 0.05) is 10.9 Å². The molecule has 52 heavy (non-hydrogen) atoms. The molecule has 1 heterocycles. The van der Waals surface area contributed by atoms with Gasteiger partial charge in [0.15, 0.2) is 0 Å². The molecule has 0 radical (unpaired) electrons. The number of carbonyl (C=O) groups is 4. The van der Waals surface area contributed by atoms with Gasteiger partial charge in [-0.05, 0) is 60.2 Å². The Hall–Kier alpha value is -5.20. The third kappa shape index (κ3) is 13.5. The third-order valence-corrected chi connectivity index (χ3v) is 9.23. The highest BCUT2D eigenvalue weighted by Gasteiger charge is 2.31.